The first-order chi connectivity index (χ1) is 10.6. The standard InChI is InChI=1S/C16H16ClN3O2/c1-11-3-2-4-13(7-11)22-10-12(21)9-19-16-6-5-14(17)15(8-18)20-16/h2-7,12,21H,9-10H2,1H3,(H,19,20). The SMILES string of the molecule is Cc1cccc(OCC(O)CNc2ccc(Cl)c(C#N)n2)c1. The monoisotopic (exact) mass is 317 g/mol. The Morgan fingerprint density at radius 1 is 1.41 bits per heavy atom. The van der Waals surface area contributed by atoms with Crippen LogP contribution in [0.3, 0.4) is 0 Å². The lowest BCUT2D eigenvalue weighted by molar-refractivity contribution is 0.117. The Balaban J connectivity index is 1.83. The highest BCUT2D eigenvalue weighted by atomic mass is 35.5. The summed E-state index contributed by atoms with van der Waals surface area (Å²) in [6.45, 7) is 2.39. The van der Waals surface area contributed by atoms with Crippen LogP contribution in [0.25, 0.3) is 0 Å². The smallest absolute Gasteiger partial charge is 0.161 e. The van der Waals surface area contributed by atoms with E-state index in [1.54, 1.807) is 12.1 Å². The topological polar surface area (TPSA) is 78.2 Å². The number of benzene rings is 1. The summed E-state index contributed by atoms with van der Waals surface area (Å²) < 4.78 is 5.52. The van der Waals surface area contributed by atoms with Gasteiger partial charge >= 0.3 is 0 Å². The van der Waals surface area contributed by atoms with Crippen molar-refractivity contribution in [2.45, 2.75) is 13.0 Å². The summed E-state index contributed by atoms with van der Waals surface area (Å²) in [4.78, 5) is 4.04. The average Bonchev–Trinajstić information content (AvgIpc) is 2.52. The largest absolute Gasteiger partial charge is 0.491 e. The van der Waals surface area contributed by atoms with Crippen LogP contribution in [0.1, 0.15) is 11.3 Å². The number of nitrogens with one attached hydrogen (secondary N) is 1. The molecule has 0 saturated carbocycles. The number of aromatic nitrogens is 1. The molecule has 0 aliphatic heterocycles. The molecule has 1 heterocycles. The molecule has 1 aromatic carbocycles. The van der Waals surface area contributed by atoms with E-state index in [2.05, 4.69) is 10.3 Å². The van der Waals surface area contributed by atoms with E-state index in [4.69, 9.17) is 21.6 Å². The third-order valence-corrected chi connectivity index (χ3v) is 3.21. The van der Waals surface area contributed by atoms with Gasteiger partial charge in [-0.25, -0.2) is 4.98 Å². The number of halogens is 1. The van der Waals surface area contributed by atoms with Crippen molar-refractivity contribution in [3.05, 3.63) is 52.7 Å². The first-order valence-electron chi connectivity index (χ1n) is 6.76. The Hall–Kier alpha value is -2.29. The summed E-state index contributed by atoms with van der Waals surface area (Å²) in [5.41, 5.74) is 1.25. The van der Waals surface area contributed by atoms with Crippen LogP contribution in [-0.4, -0.2) is 29.3 Å². The Labute approximate surface area is 134 Å². The van der Waals surface area contributed by atoms with Crippen LogP contribution in [-0.2, 0) is 0 Å². The van der Waals surface area contributed by atoms with Crippen molar-refractivity contribution in [2.24, 2.45) is 0 Å². The molecule has 5 nitrogen and oxygen atoms in total. The molecule has 1 atom stereocenters. The minimum atomic E-state index is -0.705. The number of hydrogen-bond donors (Lipinski definition) is 2. The highest BCUT2D eigenvalue weighted by molar-refractivity contribution is 6.31. The van der Waals surface area contributed by atoms with Crippen molar-refractivity contribution < 1.29 is 9.84 Å². The van der Waals surface area contributed by atoms with E-state index in [1.165, 1.54) is 0 Å². The van der Waals surface area contributed by atoms with E-state index < -0.39 is 6.10 Å². The van der Waals surface area contributed by atoms with Crippen molar-refractivity contribution in [3.8, 4) is 11.8 Å². The molecule has 0 aliphatic rings. The summed E-state index contributed by atoms with van der Waals surface area (Å²) in [5.74, 6) is 1.20. The van der Waals surface area contributed by atoms with Crippen LogP contribution in [0.2, 0.25) is 5.02 Å². The Kier molecular flexibility index (Phi) is 5.59. The molecular formula is C16H16ClN3O2. The number of aliphatic hydroxyl groups is 1. The van der Waals surface area contributed by atoms with Crippen molar-refractivity contribution in [2.75, 3.05) is 18.5 Å². The van der Waals surface area contributed by atoms with Gasteiger partial charge in [-0.15, -0.1) is 0 Å². The van der Waals surface area contributed by atoms with E-state index in [-0.39, 0.29) is 18.8 Å². The van der Waals surface area contributed by atoms with Crippen molar-refractivity contribution in [1.29, 1.82) is 5.26 Å². The van der Waals surface area contributed by atoms with Crippen molar-refractivity contribution >= 4 is 17.4 Å². The summed E-state index contributed by atoms with van der Waals surface area (Å²) in [7, 11) is 0. The molecule has 2 aromatic rings. The Bertz CT molecular complexity index is 685. The second-order valence-electron chi connectivity index (χ2n) is 4.80. The van der Waals surface area contributed by atoms with E-state index >= 15 is 0 Å². The average molecular weight is 318 g/mol. The van der Waals surface area contributed by atoms with Gasteiger partial charge in [-0.2, -0.15) is 5.26 Å². The van der Waals surface area contributed by atoms with E-state index in [9.17, 15) is 5.11 Å². The first kappa shape index (κ1) is 16.1. The van der Waals surface area contributed by atoms with Gasteiger partial charge in [0.1, 0.15) is 30.3 Å². The van der Waals surface area contributed by atoms with Crippen molar-refractivity contribution in [1.82, 2.24) is 4.98 Å². The van der Waals surface area contributed by atoms with Gasteiger partial charge in [0.25, 0.3) is 0 Å². The second-order valence-corrected chi connectivity index (χ2v) is 5.21. The minimum absolute atomic E-state index is 0.150. The van der Waals surface area contributed by atoms with Crippen LogP contribution in [0.5, 0.6) is 5.75 Å². The summed E-state index contributed by atoms with van der Waals surface area (Å²) >= 11 is 5.81. The maximum absolute atomic E-state index is 9.92. The molecule has 0 saturated heterocycles. The molecule has 0 aliphatic carbocycles. The van der Waals surface area contributed by atoms with Gasteiger partial charge in [0.15, 0.2) is 5.69 Å². The van der Waals surface area contributed by atoms with E-state index in [0.717, 1.165) is 11.3 Å². The van der Waals surface area contributed by atoms with Crippen LogP contribution in [0.15, 0.2) is 36.4 Å². The lowest BCUT2D eigenvalue weighted by Gasteiger charge is -2.14. The zero-order valence-electron chi connectivity index (χ0n) is 12.1. The normalized spacial score (nSPS) is 11.5. The van der Waals surface area contributed by atoms with Crippen LogP contribution in [0.4, 0.5) is 5.82 Å². The molecule has 0 fully saturated rings. The number of nitrogens with zero attached hydrogens (tertiary/aromatic N) is 2. The lowest BCUT2D eigenvalue weighted by atomic mass is 10.2. The highest BCUT2D eigenvalue weighted by Gasteiger charge is 2.07. The lowest BCUT2D eigenvalue weighted by Crippen LogP contribution is -2.26. The summed E-state index contributed by atoms with van der Waals surface area (Å²) in [6.07, 6.45) is -0.705. The van der Waals surface area contributed by atoms with Crippen LogP contribution < -0.4 is 10.1 Å². The molecule has 6 heteroatoms. The zero-order valence-corrected chi connectivity index (χ0v) is 12.8. The molecule has 114 valence electrons. The maximum Gasteiger partial charge on any atom is 0.161 e. The quantitative estimate of drug-likeness (QED) is 0.856. The number of aryl methyl sites for hydroxylation is 1. The zero-order chi connectivity index (χ0) is 15.9. The van der Waals surface area contributed by atoms with Gasteiger partial charge in [0, 0.05) is 6.54 Å². The fourth-order valence-electron chi connectivity index (χ4n) is 1.80. The molecule has 2 N–H and O–H groups in total. The van der Waals surface area contributed by atoms with E-state index in [1.807, 2.05) is 37.3 Å². The molecule has 0 bridgehead atoms. The number of rotatable bonds is 6. The fourth-order valence-corrected chi connectivity index (χ4v) is 1.95. The van der Waals surface area contributed by atoms with Gasteiger partial charge in [-0.1, -0.05) is 23.7 Å². The van der Waals surface area contributed by atoms with E-state index in [0.29, 0.717) is 10.8 Å². The number of hydrogen-bond acceptors (Lipinski definition) is 5. The number of aliphatic hydroxyl groups excluding tert-OH is 1. The number of nitriles is 1. The number of pyridine rings is 1. The molecule has 0 radical (unpaired) electrons. The fraction of sp³-hybridized carbons (Fsp3) is 0.250. The Morgan fingerprint density at radius 3 is 2.95 bits per heavy atom. The van der Waals surface area contributed by atoms with Gasteiger partial charge in [0.2, 0.25) is 0 Å². The summed E-state index contributed by atoms with van der Waals surface area (Å²) in [5, 5.41) is 22.0. The van der Waals surface area contributed by atoms with Crippen LogP contribution in [0, 0.1) is 18.3 Å². The number of ether oxygens (including phenoxy) is 1. The van der Waals surface area contributed by atoms with Gasteiger partial charge in [-0.3, -0.25) is 0 Å². The second kappa shape index (κ2) is 7.64. The van der Waals surface area contributed by atoms with Crippen molar-refractivity contribution in [3.63, 3.8) is 0 Å². The third-order valence-electron chi connectivity index (χ3n) is 2.90. The molecule has 22 heavy (non-hydrogen) atoms. The minimum Gasteiger partial charge on any atom is -0.491 e. The third kappa shape index (κ3) is 4.62. The molecule has 0 amide bonds. The number of anilines is 1. The molecule has 2 rings (SSSR count). The molecular weight excluding hydrogens is 302 g/mol. The first-order valence-corrected chi connectivity index (χ1v) is 7.14. The predicted octanol–water partition coefficient (Wildman–Crippen LogP) is 2.77. The van der Waals surface area contributed by atoms with Crippen LogP contribution >= 0.6 is 11.6 Å². The molecule has 0 spiro atoms. The van der Waals surface area contributed by atoms with Gasteiger partial charge in [0.05, 0.1) is 5.02 Å². The highest BCUT2D eigenvalue weighted by Crippen LogP contribution is 2.16. The summed E-state index contributed by atoms with van der Waals surface area (Å²) in [6, 6.07) is 12.8. The van der Waals surface area contributed by atoms with Gasteiger partial charge < -0.3 is 15.2 Å². The van der Waals surface area contributed by atoms with Gasteiger partial charge in [-0.05, 0) is 36.8 Å². The maximum atomic E-state index is 9.92. The molecule has 1 aromatic heterocycles. The Morgan fingerprint density at radius 2 is 2.23 bits per heavy atom. The molecule has 1 unspecified atom stereocenters. The predicted molar refractivity (Wildman–Crippen MR) is 85.1 cm³/mol.